The molecule has 0 unspecified atom stereocenters. The number of hydrogen-bond donors (Lipinski definition) is 2. The Morgan fingerprint density at radius 1 is 1.18 bits per heavy atom. The fourth-order valence-corrected chi connectivity index (χ4v) is 0. The molecule has 74 valence electrons. The average molecular weight is 339 g/mol. The summed E-state index contributed by atoms with van der Waals surface area (Å²) in [7, 11) is -4.67. The molecule has 0 spiro atoms. The molecule has 4 N–H and O–H groups in total. The van der Waals surface area contributed by atoms with Crippen LogP contribution in [0.5, 0.6) is 0 Å². The van der Waals surface area contributed by atoms with Crippen molar-refractivity contribution >= 4 is 50.8 Å². The van der Waals surface area contributed by atoms with Crippen LogP contribution in [-0.2, 0) is 61.3 Å². The Bertz CT molecular complexity index is 118. The van der Waals surface area contributed by atoms with Crippen LogP contribution in [-0.4, -0.2) is 63.4 Å². The SMILES string of the molecule is O.O=S(=O)(O)O.[AlH3].[Cr].[Fe].[H-].[H-].[Mg+2].[Ni]. The summed E-state index contributed by atoms with van der Waals surface area (Å²) in [6.45, 7) is 0. The van der Waals surface area contributed by atoms with Crippen molar-refractivity contribution in [1.29, 1.82) is 0 Å². The van der Waals surface area contributed by atoms with Crippen LogP contribution < -0.4 is 0 Å². The van der Waals surface area contributed by atoms with Crippen molar-refractivity contribution in [2.24, 2.45) is 0 Å². The van der Waals surface area contributed by atoms with E-state index in [0.29, 0.717) is 0 Å². The molecular formula is H9AlCrFeMgNiO5S. The van der Waals surface area contributed by atoms with Gasteiger partial charge in [0.1, 0.15) is 0 Å². The van der Waals surface area contributed by atoms with Crippen molar-refractivity contribution in [3.05, 3.63) is 0 Å². The number of hydrogen-bond acceptors (Lipinski definition) is 2. The third-order valence-corrected chi connectivity index (χ3v) is 0. The van der Waals surface area contributed by atoms with Gasteiger partial charge in [-0.15, -0.1) is 0 Å². The molecule has 0 aliphatic heterocycles. The normalized spacial score (nSPS) is 5.27. The summed E-state index contributed by atoms with van der Waals surface area (Å²) in [6.07, 6.45) is 0. The van der Waals surface area contributed by atoms with E-state index in [0.717, 1.165) is 0 Å². The minimum absolute atomic E-state index is 0. The minimum atomic E-state index is -4.67. The Morgan fingerprint density at radius 3 is 1.18 bits per heavy atom. The van der Waals surface area contributed by atoms with E-state index in [-0.39, 0.29) is 99.7 Å². The predicted molar refractivity (Wildman–Crippen MR) is 35.7 cm³/mol. The zero-order valence-corrected chi connectivity index (χ0v) is 10.0. The second-order valence-electron chi connectivity index (χ2n) is 0.448. The van der Waals surface area contributed by atoms with Gasteiger partial charge in [0.25, 0.3) is 0 Å². The van der Waals surface area contributed by atoms with Crippen molar-refractivity contribution in [2.75, 3.05) is 0 Å². The first kappa shape index (κ1) is 49.3. The molecule has 0 aromatic heterocycles. The zero-order valence-electron chi connectivity index (χ0n) is 6.40. The van der Waals surface area contributed by atoms with Crippen molar-refractivity contribution in [3.63, 3.8) is 0 Å². The molecule has 0 saturated heterocycles. The van der Waals surface area contributed by atoms with Gasteiger partial charge in [0.2, 0.25) is 0 Å². The van der Waals surface area contributed by atoms with Gasteiger partial charge in [-0.25, -0.2) is 0 Å². The fraction of sp³-hybridized carbons (Fsp3) is 0. The Labute approximate surface area is 126 Å². The molecule has 5 nitrogen and oxygen atoms in total. The molecule has 0 radical (unpaired) electrons. The van der Waals surface area contributed by atoms with Crippen molar-refractivity contribution in [2.45, 2.75) is 0 Å². The summed E-state index contributed by atoms with van der Waals surface area (Å²) >= 11 is 0. The largest absolute Gasteiger partial charge is 2.00 e. The molecule has 0 atom stereocenters. The first-order valence-corrected chi connectivity index (χ1v) is 2.10. The summed E-state index contributed by atoms with van der Waals surface area (Å²) in [5.74, 6) is 0. The van der Waals surface area contributed by atoms with E-state index in [2.05, 4.69) is 0 Å². The van der Waals surface area contributed by atoms with Crippen LogP contribution in [0.15, 0.2) is 0 Å². The third-order valence-electron chi connectivity index (χ3n) is 0. The molecule has 0 aromatic rings. The van der Waals surface area contributed by atoms with Gasteiger partial charge in [-0.05, 0) is 0 Å². The topological polar surface area (TPSA) is 106 Å². The Hall–Kier alpha value is 2.67. The quantitative estimate of drug-likeness (QED) is 0.367. The van der Waals surface area contributed by atoms with Gasteiger partial charge in [-0.2, -0.15) is 8.42 Å². The van der Waals surface area contributed by atoms with Gasteiger partial charge in [0.05, 0.1) is 0 Å². The Balaban J connectivity index is -0.00000000286. The molecule has 0 amide bonds. The maximum absolute atomic E-state index is 8.74. The zero-order chi connectivity index (χ0) is 4.50. The van der Waals surface area contributed by atoms with Gasteiger partial charge >= 0.3 is 33.5 Å². The third kappa shape index (κ3) is 202. The molecular weight excluding hydrogens is 330 g/mol. The molecule has 11 heavy (non-hydrogen) atoms. The minimum Gasteiger partial charge on any atom is -1.00 e. The fourth-order valence-electron chi connectivity index (χ4n) is 0. The van der Waals surface area contributed by atoms with E-state index in [1.54, 1.807) is 0 Å². The first-order chi connectivity index (χ1) is 2.00. The van der Waals surface area contributed by atoms with Crippen LogP contribution in [0.3, 0.4) is 0 Å². The molecule has 0 saturated carbocycles. The summed E-state index contributed by atoms with van der Waals surface area (Å²) < 4.78 is 31.6. The second kappa shape index (κ2) is 23.0. The molecule has 0 heterocycles. The smallest absolute Gasteiger partial charge is 1.00 e. The van der Waals surface area contributed by atoms with Crippen molar-refractivity contribution in [3.8, 4) is 0 Å². The average Bonchev–Trinajstić information content (AvgIpc) is 0.722. The molecule has 0 aromatic carbocycles. The van der Waals surface area contributed by atoms with E-state index in [9.17, 15) is 0 Å². The molecule has 0 aliphatic carbocycles. The van der Waals surface area contributed by atoms with Gasteiger partial charge < -0.3 is 8.33 Å². The summed E-state index contributed by atoms with van der Waals surface area (Å²) in [6, 6.07) is 0. The molecule has 0 bridgehead atoms. The maximum atomic E-state index is 8.74. The molecule has 0 rings (SSSR count). The van der Waals surface area contributed by atoms with Crippen LogP contribution >= 0.6 is 0 Å². The van der Waals surface area contributed by atoms with Crippen molar-refractivity contribution < 1.29 is 76.8 Å². The molecule has 11 heteroatoms. The number of rotatable bonds is 0. The van der Waals surface area contributed by atoms with Crippen LogP contribution in [0.1, 0.15) is 2.85 Å². The van der Waals surface area contributed by atoms with Gasteiger partial charge in [0, 0.05) is 50.9 Å². The molecule has 0 fully saturated rings. The standard InChI is InChI=1S/Al.Cr.Fe.Mg.Ni.H2O4S.H2O.5H/c;;;;;1-5(2,3)4;;;;;;/h;;;;;(H2,1,2,3,4);1H2;;;;;/q;;;+2;;;;;;;2*-1. The van der Waals surface area contributed by atoms with E-state index in [1.165, 1.54) is 0 Å². The maximum Gasteiger partial charge on any atom is 2.00 e. The summed E-state index contributed by atoms with van der Waals surface area (Å²) in [4.78, 5) is 0. The molecule has 0 aliphatic rings. The Morgan fingerprint density at radius 2 is 1.18 bits per heavy atom. The van der Waals surface area contributed by atoms with Gasteiger partial charge in [-0.3, -0.25) is 9.11 Å². The van der Waals surface area contributed by atoms with Crippen LogP contribution in [0, 0.1) is 0 Å². The van der Waals surface area contributed by atoms with E-state index < -0.39 is 10.4 Å². The van der Waals surface area contributed by atoms with E-state index in [4.69, 9.17) is 17.5 Å². The van der Waals surface area contributed by atoms with Gasteiger partial charge in [-0.1, -0.05) is 0 Å². The monoisotopic (exact) mass is 338 g/mol. The van der Waals surface area contributed by atoms with Crippen LogP contribution in [0.25, 0.3) is 0 Å². The van der Waals surface area contributed by atoms with Crippen LogP contribution in [0.4, 0.5) is 0 Å². The Kier molecular flexibility index (Phi) is 103. The predicted octanol–water partition coefficient (Wildman–Crippen LogP) is -2.82. The summed E-state index contributed by atoms with van der Waals surface area (Å²) in [5.41, 5.74) is 0. The second-order valence-corrected chi connectivity index (χ2v) is 1.34. The van der Waals surface area contributed by atoms with Gasteiger partial charge in [0.15, 0.2) is 17.4 Å². The van der Waals surface area contributed by atoms with Crippen molar-refractivity contribution in [1.82, 2.24) is 0 Å². The van der Waals surface area contributed by atoms with Crippen LogP contribution in [0.2, 0.25) is 0 Å². The van der Waals surface area contributed by atoms with E-state index >= 15 is 0 Å². The first-order valence-electron chi connectivity index (χ1n) is 0.698. The van der Waals surface area contributed by atoms with E-state index in [1.807, 2.05) is 0 Å². The summed E-state index contributed by atoms with van der Waals surface area (Å²) in [5, 5.41) is 0.